The molecule has 2 aromatic heterocycles. The Balaban J connectivity index is 1.50. The molecule has 0 spiro atoms. The van der Waals surface area contributed by atoms with Crippen LogP contribution in [-0.4, -0.2) is 52.4 Å². The number of hydrogen-bond acceptors (Lipinski definition) is 6. The van der Waals surface area contributed by atoms with Crippen molar-refractivity contribution in [3.8, 4) is 11.1 Å². The molecule has 1 aromatic carbocycles. The second-order valence-electron chi connectivity index (χ2n) is 8.35. The third-order valence-electron chi connectivity index (χ3n) is 6.05. The van der Waals surface area contributed by atoms with Crippen LogP contribution in [0.3, 0.4) is 0 Å². The Labute approximate surface area is 184 Å². The first kappa shape index (κ1) is 20.4. The third kappa shape index (κ3) is 3.80. The molecule has 1 saturated heterocycles. The van der Waals surface area contributed by atoms with Gasteiger partial charge in [-0.1, -0.05) is 30.3 Å². The Morgan fingerprint density at radius 2 is 1.94 bits per heavy atom. The molecule has 1 saturated carbocycles. The highest BCUT2D eigenvalue weighted by Crippen LogP contribution is 2.35. The molecule has 3 heterocycles. The first-order valence-electron chi connectivity index (χ1n) is 10.4. The van der Waals surface area contributed by atoms with Crippen LogP contribution >= 0.6 is 11.3 Å². The van der Waals surface area contributed by atoms with Gasteiger partial charge in [0, 0.05) is 22.5 Å². The highest BCUT2D eigenvalue weighted by molar-refractivity contribution is 7.91. The van der Waals surface area contributed by atoms with E-state index in [0.717, 1.165) is 28.8 Å². The van der Waals surface area contributed by atoms with Crippen LogP contribution in [0.1, 0.15) is 24.1 Å². The molecule has 0 radical (unpaired) electrons. The molecule has 7 nitrogen and oxygen atoms in total. The summed E-state index contributed by atoms with van der Waals surface area (Å²) in [5, 5.41) is 0.533. The normalized spacial score (nSPS) is 20.2. The molecule has 1 aliphatic carbocycles. The van der Waals surface area contributed by atoms with Crippen molar-refractivity contribution in [1.29, 1.82) is 0 Å². The first-order chi connectivity index (χ1) is 14.8. The van der Waals surface area contributed by atoms with Crippen molar-refractivity contribution in [2.45, 2.75) is 44.8 Å². The summed E-state index contributed by atoms with van der Waals surface area (Å²) >= 11 is 1.47. The fourth-order valence-electron chi connectivity index (χ4n) is 4.48. The first-order valence-corrected chi connectivity index (χ1v) is 13.0. The van der Waals surface area contributed by atoms with Crippen molar-refractivity contribution >= 4 is 37.3 Å². The van der Waals surface area contributed by atoms with Crippen LogP contribution in [-0.2, 0) is 21.2 Å². The number of aryl methyl sites for hydroxylation is 1. The summed E-state index contributed by atoms with van der Waals surface area (Å²) < 4.78 is 25.2. The molecular weight excluding hydrogens is 434 g/mol. The Kier molecular flexibility index (Phi) is 4.97. The van der Waals surface area contributed by atoms with E-state index in [1.807, 2.05) is 37.3 Å². The zero-order valence-corrected chi connectivity index (χ0v) is 18.8. The van der Waals surface area contributed by atoms with Crippen LogP contribution in [0.5, 0.6) is 0 Å². The number of hydrogen-bond donors (Lipinski definition) is 0. The summed E-state index contributed by atoms with van der Waals surface area (Å²) in [5.41, 5.74) is 1.57. The van der Waals surface area contributed by atoms with E-state index in [1.54, 1.807) is 4.90 Å². The molecule has 0 unspecified atom stereocenters. The van der Waals surface area contributed by atoms with Crippen molar-refractivity contribution < 1.29 is 13.2 Å². The minimum Gasteiger partial charge on any atom is -0.334 e. The predicted molar refractivity (Wildman–Crippen MR) is 121 cm³/mol. The van der Waals surface area contributed by atoms with E-state index in [9.17, 15) is 18.0 Å². The maximum atomic E-state index is 13.4. The lowest BCUT2D eigenvalue weighted by atomic mass is 10.0. The SMILES string of the molecule is Cc1sc2ncn(CC(=O)N(C3CC3)[C@@H]3CCS(=O)(=O)C3)c(=O)c2c1-c1ccccc1. The van der Waals surface area contributed by atoms with Gasteiger partial charge < -0.3 is 4.90 Å². The van der Waals surface area contributed by atoms with Gasteiger partial charge in [0.05, 0.1) is 23.2 Å². The monoisotopic (exact) mass is 457 g/mol. The van der Waals surface area contributed by atoms with Crippen LogP contribution in [0.15, 0.2) is 41.5 Å². The zero-order chi connectivity index (χ0) is 21.8. The smallest absolute Gasteiger partial charge is 0.263 e. The van der Waals surface area contributed by atoms with Gasteiger partial charge in [-0.05, 0) is 31.7 Å². The second-order valence-corrected chi connectivity index (χ2v) is 11.8. The highest BCUT2D eigenvalue weighted by Gasteiger charge is 2.42. The number of amides is 1. The number of rotatable bonds is 5. The van der Waals surface area contributed by atoms with Gasteiger partial charge in [0.15, 0.2) is 9.84 Å². The number of carbonyl (C=O) groups excluding carboxylic acids is 1. The maximum absolute atomic E-state index is 13.4. The van der Waals surface area contributed by atoms with Crippen molar-refractivity contribution in [2.24, 2.45) is 0 Å². The number of fused-ring (bicyclic) bond motifs is 1. The van der Waals surface area contributed by atoms with E-state index < -0.39 is 9.84 Å². The lowest BCUT2D eigenvalue weighted by Gasteiger charge is -2.28. The van der Waals surface area contributed by atoms with Gasteiger partial charge in [0.25, 0.3) is 5.56 Å². The van der Waals surface area contributed by atoms with Gasteiger partial charge in [-0.2, -0.15) is 0 Å². The second kappa shape index (κ2) is 7.56. The molecule has 5 rings (SSSR count). The standard InChI is InChI=1S/C22H23N3O4S2/c1-14-19(15-5-3-2-4-6-15)20-21(30-14)23-13-24(22(20)27)11-18(26)25(16-7-8-16)17-9-10-31(28,29)12-17/h2-6,13,16-17H,7-12H2,1H3/t17-/m1/s1. The summed E-state index contributed by atoms with van der Waals surface area (Å²) in [6.07, 6.45) is 3.68. The number of thiophene rings is 1. The number of nitrogens with zero attached hydrogens (tertiary/aromatic N) is 3. The van der Waals surface area contributed by atoms with E-state index >= 15 is 0 Å². The topological polar surface area (TPSA) is 89.3 Å². The molecule has 1 aliphatic heterocycles. The molecule has 2 fully saturated rings. The van der Waals surface area contributed by atoms with Crippen molar-refractivity contribution in [1.82, 2.24) is 14.5 Å². The number of aromatic nitrogens is 2. The molecule has 0 bridgehead atoms. The van der Waals surface area contributed by atoms with Gasteiger partial charge in [0.2, 0.25) is 5.91 Å². The van der Waals surface area contributed by atoms with Crippen molar-refractivity contribution in [2.75, 3.05) is 11.5 Å². The maximum Gasteiger partial charge on any atom is 0.263 e. The van der Waals surface area contributed by atoms with Crippen LogP contribution in [0.2, 0.25) is 0 Å². The summed E-state index contributed by atoms with van der Waals surface area (Å²) in [5.74, 6) is -0.0689. The lowest BCUT2D eigenvalue weighted by molar-refractivity contribution is -0.134. The molecule has 1 amide bonds. The van der Waals surface area contributed by atoms with E-state index in [4.69, 9.17) is 0 Å². The average Bonchev–Trinajstić information content (AvgIpc) is 3.41. The van der Waals surface area contributed by atoms with Crippen molar-refractivity contribution in [3.05, 3.63) is 51.9 Å². The van der Waals surface area contributed by atoms with Crippen LogP contribution in [0, 0.1) is 6.92 Å². The molecule has 3 aromatic rings. The minimum atomic E-state index is -3.10. The molecule has 2 aliphatic rings. The van der Waals surface area contributed by atoms with Gasteiger partial charge in [0.1, 0.15) is 11.4 Å². The van der Waals surface area contributed by atoms with Gasteiger partial charge in [-0.25, -0.2) is 13.4 Å². The molecule has 31 heavy (non-hydrogen) atoms. The molecule has 9 heteroatoms. The Morgan fingerprint density at radius 3 is 2.58 bits per heavy atom. The largest absolute Gasteiger partial charge is 0.334 e. The number of sulfone groups is 1. The summed E-state index contributed by atoms with van der Waals surface area (Å²) in [6, 6.07) is 9.51. The van der Waals surface area contributed by atoms with E-state index in [-0.39, 0.29) is 41.6 Å². The zero-order valence-electron chi connectivity index (χ0n) is 17.2. The van der Waals surface area contributed by atoms with Gasteiger partial charge in [-0.15, -0.1) is 11.3 Å². The minimum absolute atomic E-state index is 0.0172. The highest BCUT2D eigenvalue weighted by atomic mass is 32.2. The lowest BCUT2D eigenvalue weighted by Crippen LogP contribution is -2.45. The van der Waals surface area contributed by atoms with Crippen LogP contribution in [0.25, 0.3) is 21.3 Å². The Bertz CT molecular complexity index is 1320. The average molecular weight is 458 g/mol. The predicted octanol–water partition coefficient (Wildman–Crippen LogP) is 2.61. The number of carbonyl (C=O) groups is 1. The third-order valence-corrected chi connectivity index (χ3v) is 8.82. The van der Waals surface area contributed by atoms with E-state index in [1.165, 1.54) is 22.2 Å². The Morgan fingerprint density at radius 1 is 1.19 bits per heavy atom. The molecular formula is C22H23N3O4S2. The number of benzene rings is 1. The van der Waals surface area contributed by atoms with E-state index in [2.05, 4.69) is 4.98 Å². The summed E-state index contributed by atoms with van der Waals surface area (Å²) in [4.78, 5) is 34.4. The fourth-order valence-corrected chi connectivity index (χ4v) is 7.20. The van der Waals surface area contributed by atoms with Crippen molar-refractivity contribution in [3.63, 3.8) is 0 Å². The fraction of sp³-hybridized carbons (Fsp3) is 0.409. The molecule has 0 N–H and O–H groups in total. The quantitative estimate of drug-likeness (QED) is 0.588. The van der Waals surface area contributed by atoms with Gasteiger partial charge in [-0.3, -0.25) is 14.2 Å². The molecule has 162 valence electrons. The van der Waals surface area contributed by atoms with Crippen LogP contribution < -0.4 is 5.56 Å². The van der Waals surface area contributed by atoms with E-state index in [0.29, 0.717) is 16.6 Å². The van der Waals surface area contributed by atoms with Crippen LogP contribution in [0.4, 0.5) is 0 Å². The van der Waals surface area contributed by atoms with Gasteiger partial charge >= 0.3 is 0 Å². The summed E-state index contributed by atoms with van der Waals surface area (Å²) in [7, 11) is -3.10. The Hall–Kier alpha value is -2.52. The molecule has 1 atom stereocenters. The summed E-state index contributed by atoms with van der Waals surface area (Å²) in [6.45, 7) is 1.84.